The van der Waals surface area contributed by atoms with Gasteiger partial charge in [0.25, 0.3) is 0 Å². The quantitative estimate of drug-likeness (QED) is 0.196. The molecule has 0 saturated carbocycles. The third kappa shape index (κ3) is 6.28. The number of hydrogen-bond donors (Lipinski definition) is 2. The van der Waals surface area contributed by atoms with Crippen LogP contribution < -0.4 is 5.32 Å². The van der Waals surface area contributed by atoms with Crippen LogP contribution in [0.3, 0.4) is 0 Å². The van der Waals surface area contributed by atoms with Crippen LogP contribution in [0.15, 0.2) is 42.5 Å². The van der Waals surface area contributed by atoms with Crippen LogP contribution in [0.25, 0.3) is 11.1 Å². The Bertz CT molecular complexity index is 1240. The first-order valence-electron chi connectivity index (χ1n) is 12.4. The first-order valence-corrected chi connectivity index (χ1v) is 13.5. The highest BCUT2D eigenvalue weighted by Gasteiger charge is 2.38. The van der Waals surface area contributed by atoms with E-state index in [0.717, 1.165) is 34.4 Å². The molecule has 2 atom stereocenters. The first kappa shape index (κ1) is 26.6. The van der Waals surface area contributed by atoms with E-state index in [0.29, 0.717) is 17.8 Å². The number of ether oxygens (including phenoxy) is 1. The van der Waals surface area contributed by atoms with E-state index >= 15 is 0 Å². The van der Waals surface area contributed by atoms with Gasteiger partial charge in [-0.15, -0.1) is 11.8 Å². The zero-order valence-corrected chi connectivity index (χ0v) is 21.9. The number of carbonyl (C=O) groups is 4. The number of imide groups is 1. The molecule has 1 fully saturated rings. The van der Waals surface area contributed by atoms with E-state index in [9.17, 15) is 19.2 Å². The number of thioether (sulfide) groups is 1. The minimum absolute atomic E-state index is 0.00997. The summed E-state index contributed by atoms with van der Waals surface area (Å²) in [7, 11) is 0. The van der Waals surface area contributed by atoms with Gasteiger partial charge in [-0.05, 0) is 59.9 Å². The summed E-state index contributed by atoms with van der Waals surface area (Å²) in [5.41, 5.74) is 5.39. The van der Waals surface area contributed by atoms with Crippen LogP contribution in [0.2, 0.25) is 0 Å². The van der Waals surface area contributed by atoms with Gasteiger partial charge in [0.05, 0.1) is 5.25 Å². The van der Waals surface area contributed by atoms with E-state index in [-0.39, 0.29) is 55.6 Å². The largest absolute Gasteiger partial charge is 0.465 e. The van der Waals surface area contributed by atoms with Crippen LogP contribution in [0.4, 0.5) is 5.69 Å². The monoisotopic (exact) mass is 521 g/mol. The topological polar surface area (TPSA) is 117 Å². The fourth-order valence-corrected chi connectivity index (χ4v) is 5.91. The van der Waals surface area contributed by atoms with Crippen LogP contribution in [0.1, 0.15) is 56.6 Å². The molecule has 194 valence electrons. The molecule has 1 aliphatic carbocycles. The summed E-state index contributed by atoms with van der Waals surface area (Å²) in [5.74, 6) is -0.521. The number of likely N-dealkylation sites (tertiary alicyclic amines) is 1. The molecule has 2 unspecified atom stereocenters. The second kappa shape index (κ2) is 11.7. The van der Waals surface area contributed by atoms with E-state index in [1.165, 1.54) is 23.6 Å². The lowest BCUT2D eigenvalue weighted by Gasteiger charge is -2.16. The summed E-state index contributed by atoms with van der Waals surface area (Å²) in [6, 6.07) is 13.7. The Morgan fingerprint density at radius 1 is 1.08 bits per heavy atom. The number of amides is 3. The zero-order chi connectivity index (χ0) is 26.5. The molecule has 0 aromatic heterocycles. The number of rotatable bonds is 11. The third-order valence-corrected chi connectivity index (χ3v) is 7.87. The molecular formula is C28H31N3O5S. The molecule has 9 heteroatoms. The highest BCUT2D eigenvalue weighted by atomic mass is 32.2. The van der Waals surface area contributed by atoms with Gasteiger partial charge < -0.3 is 15.5 Å². The smallest absolute Gasteiger partial charge is 0.302 e. The molecule has 2 aliphatic rings. The number of nitrogens with one attached hydrogen (secondary N) is 2. The van der Waals surface area contributed by atoms with E-state index in [1.54, 1.807) is 6.92 Å². The van der Waals surface area contributed by atoms with Crippen molar-refractivity contribution in [3.63, 3.8) is 0 Å². The van der Waals surface area contributed by atoms with Crippen molar-refractivity contribution in [2.45, 2.75) is 50.7 Å². The van der Waals surface area contributed by atoms with E-state index in [4.69, 9.17) is 10.1 Å². The SMILES string of the molecule is CC(=N)CCCSC1CC(=O)N(CCC(=O)Nc2ccc3c(c2)C(COC(C)=O)c2ccccc2-3)C1=O. The molecule has 2 N–H and O–H groups in total. The van der Waals surface area contributed by atoms with Crippen molar-refractivity contribution < 1.29 is 23.9 Å². The van der Waals surface area contributed by atoms with Crippen molar-refractivity contribution in [1.29, 1.82) is 5.41 Å². The molecule has 0 bridgehead atoms. The molecule has 1 aliphatic heterocycles. The molecule has 2 aromatic rings. The number of hydrogen-bond acceptors (Lipinski definition) is 7. The van der Waals surface area contributed by atoms with Crippen molar-refractivity contribution in [1.82, 2.24) is 4.90 Å². The lowest BCUT2D eigenvalue weighted by atomic mass is 9.97. The minimum atomic E-state index is -0.408. The van der Waals surface area contributed by atoms with Gasteiger partial charge in [0.15, 0.2) is 0 Å². The van der Waals surface area contributed by atoms with Crippen molar-refractivity contribution >= 4 is 46.9 Å². The molecule has 8 nitrogen and oxygen atoms in total. The van der Waals surface area contributed by atoms with Gasteiger partial charge in [-0.1, -0.05) is 30.3 Å². The second-order valence-electron chi connectivity index (χ2n) is 9.37. The number of esters is 1. The Hall–Kier alpha value is -3.46. The number of fused-ring (bicyclic) bond motifs is 3. The molecule has 2 aromatic carbocycles. The molecule has 1 saturated heterocycles. The van der Waals surface area contributed by atoms with Crippen molar-refractivity contribution in [3.8, 4) is 11.1 Å². The number of nitrogens with zero attached hydrogens (tertiary/aromatic N) is 1. The third-order valence-electron chi connectivity index (χ3n) is 6.57. The normalized spacial score (nSPS) is 17.9. The number of benzene rings is 2. The van der Waals surface area contributed by atoms with Gasteiger partial charge in [-0.3, -0.25) is 24.1 Å². The van der Waals surface area contributed by atoms with Crippen molar-refractivity contribution in [2.24, 2.45) is 0 Å². The fourth-order valence-electron chi connectivity index (χ4n) is 4.79. The molecule has 4 rings (SSSR count). The maximum Gasteiger partial charge on any atom is 0.302 e. The predicted molar refractivity (Wildman–Crippen MR) is 144 cm³/mol. The summed E-state index contributed by atoms with van der Waals surface area (Å²) < 4.78 is 5.32. The van der Waals surface area contributed by atoms with Crippen LogP contribution in [0, 0.1) is 5.41 Å². The maximum atomic E-state index is 12.7. The molecule has 0 spiro atoms. The average Bonchev–Trinajstić information content (AvgIpc) is 3.31. The Kier molecular flexibility index (Phi) is 8.43. The van der Waals surface area contributed by atoms with E-state index in [1.807, 2.05) is 42.5 Å². The summed E-state index contributed by atoms with van der Waals surface area (Å²) in [4.78, 5) is 50.4. The fraction of sp³-hybridized carbons (Fsp3) is 0.393. The van der Waals surface area contributed by atoms with Crippen molar-refractivity contribution in [2.75, 3.05) is 24.2 Å². The van der Waals surface area contributed by atoms with Crippen LogP contribution in [0.5, 0.6) is 0 Å². The minimum Gasteiger partial charge on any atom is -0.465 e. The number of carbonyl (C=O) groups excluding carboxylic acids is 4. The van der Waals surface area contributed by atoms with Gasteiger partial charge >= 0.3 is 5.97 Å². The zero-order valence-electron chi connectivity index (χ0n) is 21.0. The van der Waals surface area contributed by atoms with Gasteiger partial charge in [0, 0.05) is 43.6 Å². The van der Waals surface area contributed by atoms with Gasteiger partial charge in [0.1, 0.15) is 6.61 Å². The summed E-state index contributed by atoms with van der Waals surface area (Å²) in [5, 5.41) is 9.95. The summed E-state index contributed by atoms with van der Waals surface area (Å²) >= 11 is 1.45. The highest BCUT2D eigenvalue weighted by Crippen LogP contribution is 2.45. The molecule has 37 heavy (non-hydrogen) atoms. The Morgan fingerprint density at radius 3 is 2.59 bits per heavy atom. The lowest BCUT2D eigenvalue weighted by Crippen LogP contribution is -2.34. The molecule has 3 amide bonds. The van der Waals surface area contributed by atoms with Crippen LogP contribution in [-0.4, -0.2) is 58.5 Å². The number of anilines is 1. The van der Waals surface area contributed by atoms with Gasteiger partial charge in [-0.2, -0.15) is 0 Å². The lowest BCUT2D eigenvalue weighted by molar-refractivity contribution is -0.141. The Balaban J connectivity index is 1.35. The molecular weight excluding hydrogens is 490 g/mol. The maximum absolute atomic E-state index is 12.7. The average molecular weight is 522 g/mol. The molecule has 0 radical (unpaired) electrons. The summed E-state index contributed by atoms with van der Waals surface area (Å²) in [6.45, 7) is 3.40. The highest BCUT2D eigenvalue weighted by molar-refractivity contribution is 8.00. The van der Waals surface area contributed by atoms with Gasteiger partial charge in [-0.25, -0.2) is 0 Å². The standard InChI is InChI=1S/C28H31N3O5S/c1-17(29)6-5-13-37-25-15-27(34)31(28(25)35)12-11-26(33)30-19-9-10-22-20-7-3-4-8-21(20)24(23(22)14-19)16-36-18(2)32/h3-4,7-10,14,24-25,29H,5-6,11-13,15-16H2,1-2H3,(H,30,33). The predicted octanol–water partition coefficient (Wildman–Crippen LogP) is 4.37. The van der Waals surface area contributed by atoms with E-state index < -0.39 is 5.25 Å². The molecule has 1 heterocycles. The first-order chi connectivity index (χ1) is 17.7. The summed E-state index contributed by atoms with van der Waals surface area (Å²) in [6.07, 6.45) is 1.65. The second-order valence-corrected chi connectivity index (χ2v) is 10.7. The van der Waals surface area contributed by atoms with E-state index in [2.05, 4.69) is 5.32 Å². The Labute approximate surface area is 220 Å². The Morgan fingerprint density at radius 2 is 1.84 bits per heavy atom. The van der Waals surface area contributed by atoms with Crippen molar-refractivity contribution in [3.05, 3.63) is 53.6 Å². The van der Waals surface area contributed by atoms with Crippen LogP contribution in [-0.2, 0) is 23.9 Å². The van der Waals surface area contributed by atoms with Crippen LogP contribution >= 0.6 is 11.8 Å². The van der Waals surface area contributed by atoms with Gasteiger partial charge in [0.2, 0.25) is 17.7 Å².